The number of aliphatic hydroxyl groups is 1. The van der Waals surface area contributed by atoms with E-state index in [1.54, 1.807) is 0 Å². The zero-order valence-corrected chi connectivity index (χ0v) is 11.8. The lowest BCUT2D eigenvalue weighted by atomic mass is 10.2. The summed E-state index contributed by atoms with van der Waals surface area (Å²) in [5.74, 6) is 0. The molecular weight excluding hydrogens is 233 g/mol. The standard InChI is InChI=1S/C13H22NO2P/c1-14(8-5-9-17(2,3)16)13-7-4-6-12(10-13)11-15/h4,6-7,10,15H,5,8-9,11H2,1-3H3. The minimum Gasteiger partial charge on any atom is -0.392 e. The Morgan fingerprint density at radius 2 is 2.06 bits per heavy atom. The van der Waals surface area contributed by atoms with Crippen LogP contribution in [0.1, 0.15) is 12.0 Å². The molecule has 0 fully saturated rings. The minimum atomic E-state index is -1.90. The molecule has 0 aliphatic rings. The Bertz CT molecular complexity index is 400. The van der Waals surface area contributed by atoms with E-state index in [1.807, 2.05) is 44.6 Å². The lowest BCUT2D eigenvalue weighted by Crippen LogP contribution is -2.19. The first-order chi connectivity index (χ1) is 7.92. The Kier molecular flexibility index (Phi) is 5.23. The fourth-order valence-electron chi connectivity index (χ4n) is 1.71. The van der Waals surface area contributed by atoms with E-state index in [-0.39, 0.29) is 6.61 Å². The van der Waals surface area contributed by atoms with Crippen LogP contribution >= 0.6 is 7.14 Å². The molecule has 0 aliphatic carbocycles. The second kappa shape index (κ2) is 6.23. The lowest BCUT2D eigenvalue weighted by Gasteiger charge is -2.20. The number of rotatable bonds is 6. The third-order valence-electron chi connectivity index (χ3n) is 2.72. The number of benzene rings is 1. The van der Waals surface area contributed by atoms with E-state index in [1.165, 1.54) is 0 Å². The normalized spacial score (nSPS) is 11.5. The first kappa shape index (κ1) is 14.3. The van der Waals surface area contributed by atoms with Gasteiger partial charge in [-0.3, -0.25) is 0 Å². The van der Waals surface area contributed by atoms with Gasteiger partial charge < -0.3 is 14.6 Å². The Morgan fingerprint density at radius 3 is 2.65 bits per heavy atom. The van der Waals surface area contributed by atoms with Gasteiger partial charge in [0.05, 0.1) is 13.7 Å². The van der Waals surface area contributed by atoms with Crippen molar-refractivity contribution in [3.05, 3.63) is 29.8 Å². The third-order valence-corrected chi connectivity index (χ3v) is 4.12. The summed E-state index contributed by atoms with van der Waals surface area (Å²) in [5, 5.41) is 9.07. The molecule has 1 N–H and O–H groups in total. The molecule has 1 aromatic carbocycles. The first-order valence-corrected chi connectivity index (χ1v) is 8.66. The van der Waals surface area contributed by atoms with E-state index >= 15 is 0 Å². The maximum absolute atomic E-state index is 11.6. The fourth-order valence-corrected chi connectivity index (χ4v) is 2.61. The van der Waals surface area contributed by atoms with E-state index in [4.69, 9.17) is 5.11 Å². The Balaban J connectivity index is 2.51. The van der Waals surface area contributed by atoms with Crippen molar-refractivity contribution >= 4 is 12.8 Å². The van der Waals surface area contributed by atoms with Crippen LogP contribution in [0.5, 0.6) is 0 Å². The molecule has 0 amide bonds. The molecule has 0 radical (unpaired) electrons. The van der Waals surface area contributed by atoms with Gasteiger partial charge in [-0.25, -0.2) is 0 Å². The Morgan fingerprint density at radius 1 is 1.35 bits per heavy atom. The second-order valence-corrected chi connectivity index (χ2v) is 8.50. The van der Waals surface area contributed by atoms with Gasteiger partial charge in [-0.15, -0.1) is 0 Å². The molecule has 17 heavy (non-hydrogen) atoms. The summed E-state index contributed by atoms with van der Waals surface area (Å²) in [6.07, 6.45) is 1.72. The first-order valence-electron chi connectivity index (χ1n) is 5.87. The number of aliphatic hydroxyl groups excluding tert-OH is 1. The summed E-state index contributed by atoms with van der Waals surface area (Å²) in [5.41, 5.74) is 2.02. The zero-order chi connectivity index (χ0) is 12.9. The monoisotopic (exact) mass is 255 g/mol. The third kappa shape index (κ3) is 5.38. The van der Waals surface area contributed by atoms with Crippen LogP contribution in [-0.4, -0.2) is 38.2 Å². The summed E-state index contributed by atoms with van der Waals surface area (Å²) in [7, 11) is 0.125. The van der Waals surface area contributed by atoms with Gasteiger partial charge >= 0.3 is 0 Å². The molecule has 1 rings (SSSR count). The molecule has 4 heteroatoms. The zero-order valence-electron chi connectivity index (χ0n) is 10.9. The molecule has 0 saturated heterocycles. The quantitative estimate of drug-likeness (QED) is 0.794. The minimum absolute atomic E-state index is 0.0702. The van der Waals surface area contributed by atoms with E-state index in [0.29, 0.717) is 0 Å². The highest BCUT2D eigenvalue weighted by Crippen LogP contribution is 2.36. The topological polar surface area (TPSA) is 40.5 Å². The van der Waals surface area contributed by atoms with Crippen molar-refractivity contribution in [3.63, 3.8) is 0 Å². The SMILES string of the molecule is CN(CCCP(C)(C)=O)c1cccc(CO)c1. The molecule has 0 spiro atoms. The van der Waals surface area contributed by atoms with Crippen molar-refractivity contribution in [2.45, 2.75) is 13.0 Å². The number of anilines is 1. The molecule has 96 valence electrons. The summed E-state index contributed by atoms with van der Waals surface area (Å²) < 4.78 is 11.6. The van der Waals surface area contributed by atoms with Crippen LogP contribution in [0.3, 0.4) is 0 Å². The van der Waals surface area contributed by atoms with Crippen molar-refractivity contribution in [1.29, 1.82) is 0 Å². The molecule has 0 bridgehead atoms. The lowest BCUT2D eigenvalue weighted by molar-refractivity contribution is 0.282. The van der Waals surface area contributed by atoms with Gasteiger partial charge in [0.15, 0.2) is 0 Å². The van der Waals surface area contributed by atoms with Crippen LogP contribution in [0, 0.1) is 0 Å². The number of hydrogen-bond donors (Lipinski definition) is 1. The van der Waals surface area contributed by atoms with Crippen molar-refractivity contribution in [2.24, 2.45) is 0 Å². The Labute approximate surface area is 104 Å². The molecule has 0 saturated carbocycles. The van der Waals surface area contributed by atoms with Crippen LogP contribution in [0.4, 0.5) is 5.69 Å². The largest absolute Gasteiger partial charge is 0.392 e. The van der Waals surface area contributed by atoms with Crippen LogP contribution in [-0.2, 0) is 11.2 Å². The van der Waals surface area contributed by atoms with E-state index in [2.05, 4.69) is 4.90 Å². The van der Waals surface area contributed by atoms with Gasteiger partial charge in [0.25, 0.3) is 0 Å². The van der Waals surface area contributed by atoms with Crippen LogP contribution in [0.25, 0.3) is 0 Å². The molecule has 0 heterocycles. The van der Waals surface area contributed by atoms with Gasteiger partial charge in [0, 0.05) is 25.4 Å². The van der Waals surface area contributed by atoms with Gasteiger partial charge in [0.1, 0.15) is 0 Å². The predicted molar refractivity (Wildman–Crippen MR) is 74.6 cm³/mol. The van der Waals surface area contributed by atoms with Gasteiger partial charge in [-0.1, -0.05) is 12.1 Å². The van der Waals surface area contributed by atoms with Crippen LogP contribution < -0.4 is 4.90 Å². The van der Waals surface area contributed by atoms with Gasteiger partial charge in [-0.2, -0.15) is 0 Å². The van der Waals surface area contributed by atoms with Gasteiger partial charge in [-0.05, 0) is 37.4 Å². The highest BCUT2D eigenvalue weighted by Gasteiger charge is 2.08. The number of hydrogen-bond acceptors (Lipinski definition) is 3. The average molecular weight is 255 g/mol. The second-order valence-electron chi connectivity index (χ2n) is 4.90. The number of nitrogens with zero attached hydrogens (tertiary/aromatic N) is 1. The summed E-state index contributed by atoms with van der Waals surface area (Å²) >= 11 is 0. The summed E-state index contributed by atoms with van der Waals surface area (Å²) in [4.78, 5) is 2.13. The van der Waals surface area contributed by atoms with Crippen molar-refractivity contribution < 1.29 is 9.67 Å². The maximum Gasteiger partial charge on any atom is 0.0819 e. The van der Waals surface area contributed by atoms with E-state index < -0.39 is 7.14 Å². The van der Waals surface area contributed by atoms with Crippen molar-refractivity contribution in [1.82, 2.24) is 0 Å². The maximum atomic E-state index is 11.6. The van der Waals surface area contributed by atoms with Gasteiger partial charge in [0.2, 0.25) is 0 Å². The molecular formula is C13H22NO2P. The smallest absolute Gasteiger partial charge is 0.0819 e. The summed E-state index contributed by atoms with van der Waals surface area (Å²) in [6.45, 7) is 4.63. The molecule has 1 aromatic rings. The molecule has 0 aliphatic heterocycles. The average Bonchev–Trinajstić information content (AvgIpc) is 2.27. The summed E-state index contributed by atoms with van der Waals surface area (Å²) in [6, 6.07) is 7.86. The van der Waals surface area contributed by atoms with Crippen molar-refractivity contribution in [2.75, 3.05) is 38.0 Å². The van der Waals surface area contributed by atoms with Crippen molar-refractivity contribution in [3.8, 4) is 0 Å². The highest BCUT2D eigenvalue weighted by molar-refractivity contribution is 7.62. The fraction of sp³-hybridized carbons (Fsp3) is 0.538. The molecule has 3 nitrogen and oxygen atoms in total. The molecule has 0 unspecified atom stereocenters. The van der Waals surface area contributed by atoms with E-state index in [9.17, 15) is 4.57 Å². The van der Waals surface area contributed by atoms with E-state index in [0.717, 1.165) is 30.4 Å². The predicted octanol–water partition coefficient (Wildman–Crippen LogP) is 2.63. The highest BCUT2D eigenvalue weighted by atomic mass is 31.2. The molecule has 0 atom stereocenters. The molecule has 0 aromatic heterocycles. The van der Waals surface area contributed by atoms with Crippen LogP contribution in [0.15, 0.2) is 24.3 Å². The van der Waals surface area contributed by atoms with Crippen LogP contribution in [0.2, 0.25) is 0 Å². The Hall–Kier alpha value is -0.790.